The van der Waals surface area contributed by atoms with Gasteiger partial charge in [-0.3, -0.25) is 4.79 Å². The van der Waals surface area contributed by atoms with E-state index >= 15 is 0 Å². The molecule has 0 bridgehead atoms. The van der Waals surface area contributed by atoms with Crippen LogP contribution >= 0.6 is 0 Å². The molecule has 1 atom stereocenters. The predicted molar refractivity (Wildman–Crippen MR) is 104 cm³/mol. The molecule has 28 heavy (non-hydrogen) atoms. The van der Waals surface area contributed by atoms with Crippen molar-refractivity contribution in [2.75, 3.05) is 6.54 Å². The van der Waals surface area contributed by atoms with E-state index < -0.39 is 12.1 Å². The van der Waals surface area contributed by atoms with Gasteiger partial charge in [-0.2, -0.15) is 0 Å². The van der Waals surface area contributed by atoms with Gasteiger partial charge in [-0.1, -0.05) is 32.9 Å². The Morgan fingerprint density at radius 2 is 1.93 bits per heavy atom. The Hall–Kier alpha value is -2.90. The van der Waals surface area contributed by atoms with Crippen molar-refractivity contribution < 1.29 is 23.9 Å². The number of aromatic nitrogens is 1. The molecule has 0 fully saturated rings. The second-order valence-corrected chi connectivity index (χ2v) is 7.12. The van der Waals surface area contributed by atoms with E-state index in [0.29, 0.717) is 30.4 Å². The number of para-hydroxylation sites is 2. The fourth-order valence-electron chi connectivity index (χ4n) is 2.71. The molecule has 1 aromatic heterocycles. The molecule has 8 heteroatoms. The smallest absolute Gasteiger partial charge is 0.415 e. The van der Waals surface area contributed by atoms with Crippen molar-refractivity contribution in [2.45, 2.75) is 52.5 Å². The molecule has 0 aliphatic carbocycles. The number of ketones is 1. The second-order valence-electron chi connectivity index (χ2n) is 7.12. The third kappa shape index (κ3) is 5.80. The zero-order chi connectivity index (χ0) is 20.7. The molecule has 2 aromatic rings. The highest BCUT2D eigenvalue weighted by atomic mass is 16.4. The summed E-state index contributed by atoms with van der Waals surface area (Å²) in [5.74, 6) is 0.0795. The normalized spacial score (nSPS) is 12.1. The van der Waals surface area contributed by atoms with E-state index in [1.54, 1.807) is 18.2 Å². The van der Waals surface area contributed by atoms with Crippen molar-refractivity contribution in [2.24, 2.45) is 5.92 Å². The molecule has 1 heterocycles. The van der Waals surface area contributed by atoms with Crippen molar-refractivity contribution in [3.05, 3.63) is 30.2 Å². The number of imide groups is 1. The number of urea groups is 1. The maximum absolute atomic E-state index is 12.4. The predicted octanol–water partition coefficient (Wildman–Crippen LogP) is 4.31. The first-order valence-corrected chi connectivity index (χ1v) is 9.51. The monoisotopic (exact) mass is 389 g/mol. The standard InChI is InChI=1S/C20H27N3O5/c1-4-14(21-19(25)23(20(26)27)12-11-13(2)3)9-10-16(24)18-22-15-7-5-6-8-17(15)28-18/h5-8,13-14H,4,9-12H2,1-3H3,(H,21,25)(H,26,27)/t14-/m0/s1. The Balaban J connectivity index is 1.92. The maximum atomic E-state index is 12.4. The summed E-state index contributed by atoms with van der Waals surface area (Å²) in [7, 11) is 0. The summed E-state index contributed by atoms with van der Waals surface area (Å²) in [6, 6.07) is 6.15. The van der Waals surface area contributed by atoms with E-state index in [0.717, 1.165) is 4.90 Å². The summed E-state index contributed by atoms with van der Waals surface area (Å²) in [5.41, 5.74) is 1.17. The van der Waals surface area contributed by atoms with Crippen molar-refractivity contribution in [3.8, 4) is 0 Å². The van der Waals surface area contributed by atoms with Crippen LogP contribution in [0.25, 0.3) is 11.1 Å². The van der Waals surface area contributed by atoms with Crippen LogP contribution in [0.15, 0.2) is 28.7 Å². The summed E-state index contributed by atoms with van der Waals surface area (Å²) in [6.07, 6.45) is 0.398. The van der Waals surface area contributed by atoms with Crippen LogP contribution in [0, 0.1) is 5.92 Å². The number of carbonyl (C=O) groups is 3. The van der Waals surface area contributed by atoms with Crippen LogP contribution in [0.5, 0.6) is 0 Å². The number of nitrogens with zero attached hydrogens (tertiary/aromatic N) is 2. The van der Waals surface area contributed by atoms with E-state index in [1.165, 1.54) is 0 Å². The number of carbonyl (C=O) groups excluding carboxylic acids is 2. The van der Waals surface area contributed by atoms with E-state index in [1.807, 2.05) is 26.8 Å². The summed E-state index contributed by atoms with van der Waals surface area (Å²) in [5, 5.41) is 12.0. The fraction of sp³-hybridized carbons (Fsp3) is 0.500. The van der Waals surface area contributed by atoms with Crippen LogP contribution in [-0.4, -0.2) is 45.5 Å². The lowest BCUT2D eigenvalue weighted by Crippen LogP contribution is -2.47. The number of amides is 3. The number of Topliss-reactive ketones (excluding diaryl/α,β-unsaturated/α-hetero) is 1. The van der Waals surface area contributed by atoms with Gasteiger partial charge in [0.05, 0.1) is 0 Å². The molecule has 1 aromatic carbocycles. The number of fused-ring (bicyclic) bond motifs is 1. The van der Waals surface area contributed by atoms with Crippen molar-refractivity contribution in [1.29, 1.82) is 0 Å². The van der Waals surface area contributed by atoms with E-state index in [9.17, 15) is 19.5 Å². The van der Waals surface area contributed by atoms with E-state index in [2.05, 4.69) is 10.3 Å². The van der Waals surface area contributed by atoms with Gasteiger partial charge < -0.3 is 14.8 Å². The first kappa shape index (κ1) is 21.4. The fourth-order valence-corrected chi connectivity index (χ4v) is 2.71. The first-order chi connectivity index (χ1) is 13.3. The SMILES string of the molecule is CC[C@@H](CCC(=O)c1nc2ccccc2o1)NC(=O)N(CCC(C)C)C(=O)O. The summed E-state index contributed by atoms with van der Waals surface area (Å²) < 4.78 is 5.47. The van der Waals surface area contributed by atoms with Crippen LogP contribution in [0.3, 0.4) is 0 Å². The Morgan fingerprint density at radius 1 is 1.21 bits per heavy atom. The van der Waals surface area contributed by atoms with Gasteiger partial charge in [0.1, 0.15) is 5.52 Å². The molecule has 0 aliphatic rings. The van der Waals surface area contributed by atoms with Gasteiger partial charge in [-0.15, -0.1) is 0 Å². The minimum atomic E-state index is -1.28. The number of rotatable bonds is 9. The van der Waals surface area contributed by atoms with Gasteiger partial charge >= 0.3 is 12.1 Å². The van der Waals surface area contributed by atoms with Crippen molar-refractivity contribution in [3.63, 3.8) is 0 Å². The molecular weight excluding hydrogens is 362 g/mol. The van der Waals surface area contributed by atoms with Gasteiger partial charge in [0, 0.05) is 19.0 Å². The molecule has 0 spiro atoms. The number of oxazole rings is 1. The minimum Gasteiger partial charge on any atom is -0.465 e. The van der Waals surface area contributed by atoms with Crippen LogP contribution < -0.4 is 5.32 Å². The summed E-state index contributed by atoms with van der Waals surface area (Å²) in [4.78, 5) is 41.0. The highest BCUT2D eigenvalue weighted by Crippen LogP contribution is 2.17. The Morgan fingerprint density at radius 3 is 2.54 bits per heavy atom. The summed E-state index contributed by atoms with van der Waals surface area (Å²) >= 11 is 0. The highest BCUT2D eigenvalue weighted by Gasteiger charge is 2.24. The largest absolute Gasteiger partial charge is 0.465 e. The van der Waals surface area contributed by atoms with Gasteiger partial charge in [-0.05, 0) is 37.3 Å². The van der Waals surface area contributed by atoms with Crippen molar-refractivity contribution >= 4 is 29.0 Å². The summed E-state index contributed by atoms with van der Waals surface area (Å²) in [6.45, 7) is 5.93. The van der Waals surface area contributed by atoms with Crippen LogP contribution in [0.2, 0.25) is 0 Å². The second kappa shape index (κ2) is 9.87. The van der Waals surface area contributed by atoms with Crippen molar-refractivity contribution in [1.82, 2.24) is 15.2 Å². The third-order valence-electron chi connectivity index (χ3n) is 4.48. The number of nitrogens with one attached hydrogen (secondary N) is 1. The van der Waals surface area contributed by atoms with E-state index in [-0.39, 0.29) is 36.6 Å². The zero-order valence-electron chi connectivity index (χ0n) is 16.5. The Labute approximate surface area is 163 Å². The topological polar surface area (TPSA) is 113 Å². The molecule has 2 N–H and O–H groups in total. The lowest BCUT2D eigenvalue weighted by Gasteiger charge is -2.23. The molecule has 0 radical (unpaired) electrons. The van der Waals surface area contributed by atoms with Crippen LogP contribution in [0.1, 0.15) is 57.1 Å². The quantitative estimate of drug-likeness (QED) is 0.618. The highest BCUT2D eigenvalue weighted by molar-refractivity contribution is 5.94. The van der Waals surface area contributed by atoms with E-state index in [4.69, 9.17) is 4.42 Å². The van der Waals surface area contributed by atoms with Gasteiger partial charge in [-0.25, -0.2) is 19.5 Å². The van der Waals surface area contributed by atoms with Crippen LogP contribution in [-0.2, 0) is 0 Å². The van der Waals surface area contributed by atoms with Gasteiger partial charge in [0.15, 0.2) is 5.58 Å². The molecule has 3 amide bonds. The molecule has 0 saturated heterocycles. The number of carboxylic acid groups (broad SMARTS) is 1. The lowest BCUT2D eigenvalue weighted by molar-refractivity contribution is 0.0942. The zero-order valence-corrected chi connectivity index (χ0v) is 16.5. The van der Waals surface area contributed by atoms with Gasteiger partial charge in [0.25, 0.3) is 5.89 Å². The maximum Gasteiger partial charge on any atom is 0.415 e. The molecule has 152 valence electrons. The molecule has 0 aliphatic heterocycles. The number of hydrogen-bond acceptors (Lipinski definition) is 5. The number of benzene rings is 1. The molecule has 2 rings (SSSR count). The molecule has 0 unspecified atom stereocenters. The third-order valence-corrected chi connectivity index (χ3v) is 4.48. The molecular formula is C20H27N3O5. The number of hydrogen-bond donors (Lipinski definition) is 2. The molecule has 0 saturated carbocycles. The van der Waals surface area contributed by atoms with Gasteiger partial charge in [0.2, 0.25) is 5.78 Å². The Bertz CT molecular complexity index is 797. The minimum absolute atomic E-state index is 0.0477. The lowest BCUT2D eigenvalue weighted by atomic mass is 10.1. The average Bonchev–Trinajstić information content (AvgIpc) is 3.08. The first-order valence-electron chi connectivity index (χ1n) is 9.51. The van der Waals surface area contributed by atoms with Crippen LogP contribution in [0.4, 0.5) is 9.59 Å². The molecule has 8 nitrogen and oxygen atoms in total. The Kier molecular flexibility index (Phi) is 7.54. The average molecular weight is 389 g/mol.